The molecule has 1 atom stereocenters. The van der Waals surface area contributed by atoms with Gasteiger partial charge in [-0.3, -0.25) is 9.59 Å². The van der Waals surface area contributed by atoms with E-state index in [2.05, 4.69) is 10.6 Å². The van der Waals surface area contributed by atoms with Crippen LogP contribution in [0.2, 0.25) is 0 Å². The molecule has 0 fully saturated rings. The monoisotopic (exact) mass is 380 g/mol. The molecule has 0 bridgehead atoms. The average molecular weight is 380 g/mol. The minimum Gasteiger partial charge on any atom is -0.739 e. The summed E-state index contributed by atoms with van der Waals surface area (Å²) in [5.74, 6) is -1.19. The van der Waals surface area contributed by atoms with Crippen LogP contribution in [0.25, 0.3) is 0 Å². The predicted molar refractivity (Wildman–Crippen MR) is 79.7 cm³/mol. The zero-order valence-corrected chi connectivity index (χ0v) is 17.0. The van der Waals surface area contributed by atoms with E-state index in [0.29, 0.717) is 0 Å². The number of hydrogen-bond donors (Lipinski definition) is 4. The van der Waals surface area contributed by atoms with Gasteiger partial charge >= 0.3 is 29.6 Å². The van der Waals surface area contributed by atoms with Gasteiger partial charge in [-0.05, 0) is 10.8 Å². The van der Waals surface area contributed by atoms with Gasteiger partial charge in [0.15, 0.2) is 0 Å². The molecule has 9 nitrogen and oxygen atoms in total. The zero-order valence-electron chi connectivity index (χ0n) is 13.4. The Morgan fingerprint density at radius 1 is 1.26 bits per heavy atom. The number of hydrogen-bond acceptors (Lipinski definition) is 8. The standard InChI is InChI=1S/C11H22N2O7S2.Na/c1-11(2,7-14)9(16)10(17)13-4-3-8(15)12-5-6-21-22(18,19)20;/h9,14,16H,3-7H2,1-2H3,(H,12,15)(H,13,17)(H,18,19,20);/q;+1/p-1/t9-;/m0./s1. The molecular weight excluding hydrogens is 359 g/mol. The van der Waals surface area contributed by atoms with Crippen molar-refractivity contribution in [1.82, 2.24) is 10.6 Å². The second-order valence-corrected chi connectivity index (χ2v) is 8.56. The van der Waals surface area contributed by atoms with E-state index in [1.54, 1.807) is 0 Å². The molecule has 0 aliphatic heterocycles. The molecule has 0 aromatic heterocycles. The summed E-state index contributed by atoms with van der Waals surface area (Å²) < 4.78 is 30.9. The van der Waals surface area contributed by atoms with Crippen molar-refractivity contribution < 1.29 is 62.3 Å². The summed E-state index contributed by atoms with van der Waals surface area (Å²) in [6, 6.07) is 0. The van der Waals surface area contributed by atoms with Gasteiger partial charge in [-0.2, -0.15) is 0 Å². The number of carbonyl (C=O) groups is 2. The Labute approximate surface area is 161 Å². The van der Waals surface area contributed by atoms with Gasteiger partial charge in [-0.1, -0.05) is 13.8 Å². The van der Waals surface area contributed by atoms with E-state index in [1.165, 1.54) is 13.8 Å². The van der Waals surface area contributed by atoms with Crippen molar-refractivity contribution in [2.24, 2.45) is 5.41 Å². The van der Waals surface area contributed by atoms with Gasteiger partial charge in [-0.15, -0.1) is 0 Å². The van der Waals surface area contributed by atoms with Gasteiger partial charge in [0.05, 0.1) is 6.61 Å². The van der Waals surface area contributed by atoms with Crippen molar-refractivity contribution in [1.29, 1.82) is 0 Å². The summed E-state index contributed by atoms with van der Waals surface area (Å²) in [5.41, 5.74) is -0.993. The van der Waals surface area contributed by atoms with Crippen LogP contribution in [0.15, 0.2) is 0 Å². The molecule has 2 amide bonds. The van der Waals surface area contributed by atoms with Crippen LogP contribution in [0.1, 0.15) is 20.3 Å². The molecule has 0 radical (unpaired) electrons. The molecule has 0 spiro atoms. The summed E-state index contributed by atoms with van der Waals surface area (Å²) in [6.07, 6.45) is -1.47. The Hall–Kier alpha value is 0.120. The van der Waals surface area contributed by atoms with E-state index in [1.807, 2.05) is 0 Å². The number of carbonyl (C=O) groups excluding carboxylic acids is 2. The smallest absolute Gasteiger partial charge is 0.739 e. The predicted octanol–water partition coefficient (Wildman–Crippen LogP) is -4.81. The fourth-order valence-electron chi connectivity index (χ4n) is 1.26. The van der Waals surface area contributed by atoms with E-state index in [4.69, 9.17) is 5.11 Å². The van der Waals surface area contributed by atoms with Crippen LogP contribution in [-0.2, 0) is 18.7 Å². The van der Waals surface area contributed by atoms with Crippen molar-refractivity contribution in [3.63, 3.8) is 0 Å². The Morgan fingerprint density at radius 2 is 1.83 bits per heavy atom. The largest absolute Gasteiger partial charge is 1.00 e. The van der Waals surface area contributed by atoms with E-state index >= 15 is 0 Å². The third kappa shape index (κ3) is 12.2. The van der Waals surface area contributed by atoms with Crippen LogP contribution < -0.4 is 40.2 Å². The minimum absolute atomic E-state index is 0. The Kier molecular flexibility index (Phi) is 12.8. The quantitative estimate of drug-likeness (QED) is 0.127. The van der Waals surface area contributed by atoms with E-state index in [0.717, 1.165) is 0 Å². The van der Waals surface area contributed by atoms with Gasteiger partial charge in [0.25, 0.3) is 0 Å². The molecule has 0 unspecified atom stereocenters. The fourth-order valence-corrected chi connectivity index (χ4v) is 2.51. The molecular formula is C11H21N2NaO7S2. The van der Waals surface area contributed by atoms with Crippen LogP contribution in [0, 0.1) is 5.41 Å². The Balaban J connectivity index is 0. The van der Waals surface area contributed by atoms with Crippen LogP contribution >= 0.6 is 10.8 Å². The van der Waals surface area contributed by atoms with Crippen LogP contribution in [-0.4, -0.2) is 66.6 Å². The molecule has 130 valence electrons. The van der Waals surface area contributed by atoms with Crippen LogP contribution in [0.5, 0.6) is 0 Å². The maximum atomic E-state index is 11.6. The molecule has 0 saturated carbocycles. The second kappa shape index (κ2) is 11.6. The minimum atomic E-state index is -4.37. The molecule has 0 aliphatic rings. The van der Waals surface area contributed by atoms with Crippen molar-refractivity contribution in [2.45, 2.75) is 26.4 Å². The van der Waals surface area contributed by atoms with E-state index in [-0.39, 0.29) is 72.2 Å². The Bertz CT molecular complexity index is 485. The molecule has 12 heteroatoms. The number of aliphatic hydroxyl groups excluding tert-OH is 2. The zero-order chi connectivity index (χ0) is 17.4. The van der Waals surface area contributed by atoms with Gasteiger partial charge < -0.3 is 25.4 Å². The topological polar surface area (TPSA) is 156 Å². The summed E-state index contributed by atoms with van der Waals surface area (Å²) in [6.45, 7) is 2.66. The second-order valence-electron chi connectivity index (χ2n) is 5.17. The average Bonchev–Trinajstić information content (AvgIpc) is 2.41. The first-order valence-electron chi connectivity index (χ1n) is 6.43. The maximum absolute atomic E-state index is 11.6. The van der Waals surface area contributed by atoms with Crippen molar-refractivity contribution in [2.75, 3.05) is 25.4 Å². The number of amides is 2. The molecule has 0 rings (SSSR count). The summed E-state index contributed by atoms with van der Waals surface area (Å²) in [4.78, 5) is 23.0. The van der Waals surface area contributed by atoms with Crippen LogP contribution in [0.3, 0.4) is 0 Å². The van der Waals surface area contributed by atoms with Crippen LogP contribution in [0.4, 0.5) is 0 Å². The first-order valence-corrected chi connectivity index (χ1v) is 9.34. The molecule has 0 aliphatic carbocycles. The molecule has 0 heterocycles. The fraction of sp³-hybridized carbons (Fsp3) is 0.818. The first-order chi connectivity index (χ1) is 9.99. The van der Waals surface area contributed by atoms with Gasteiger partial charge in [0.2, 0.25) is 11.8 Å². The SMILES string of the molecule is CC(C)(CO)[C@@H](O)C(=O)NCCC(=O)NCCSS(=O)(=O)[O-].[Na+]. The molecule has 0 aromatic carbocycles. The van der Waals surface area contributed by atoms with Gasteiger partial charge in [-0.25, -0.2) is 8.42 Å². The number of rotatable bonds is 10. The van der Waals surface area contributed by atoms with Crippen molar-refractivity contribution in [3.05, 3.63) is 0 Å². The number of nitrogens with one attached hydrogen (secondary N) is 2. The van der Waals surface area contributed by atoms with E-state index < -0.39 is 32.5 Å². The Morgan fingerprint density at radius 3 is 2.30 bits per heavy atom. The van der Waals surface area contributed by atoms with Gasteiger partial charge in [0, 0.05) is 30.7 Å². The van der Waals surface area contributed by atoms with Crippen molar-refractivity contribution in [3.8, 4) is 0 Å². The van der Waals surface area contributed by atoms with Gasteiger partial charge in [0.1, 0.15) is 15.3 Å². The van der Waals surface area contributed by atoms with Crippen molar-refractivity contribution >= 4 is 31.8 Å². The third-order valence-electron chi connectivity index (χ3n) is 2.70. The molecule has 23 heavy (non-hydrogen) atoms. The molecule has 0 saturated heterocycles. The maximum Gasteiger partial charge on any atom is 1.00 e. The first kappa shape index (κ1) is 25.4. The number of aliphatic hydroxyl groups is 2. The van der Waals surface area contributed by atoms with E-state index in [9.17, 15) is 27.7 Å². The molecule has 0 aromatic rings. The summed E-state index contributed by atoms with van der Waals surface area (Å²) in [7, 11) is -4.18. The normalized spacial score (nSPS) is 12.9. The summed E-state index contributed by atoms with van der Waals surface area (Å²) in [5, 5.41) is 23.5. The summed E-state index contributed by atoms with van der Waals surface area (Å²) >= 11 is 0. The molecule has 4 N–H and O–H groups in total. The third-order valence-corrected chi connectivity index (χ3v) is 4.72.